The van der Waals surface area contributed by atoms with E-state index in [2.05, 4.69) is 12.2 Å². The fourth-order valence-electron chi connectivity index (χ4n) is 3.62. The van der Waals surface area contributed by atoms with Crippen LogP contribution in [0.15, 0.2) is 72.8 Å². The largest absolute Gasteiger partial charge is 0.494 e. The zero-order chi connectivity index (χ0) is 23.8. The lowest BCUT2D eigenvalue weighted by Crippen LogP contribution is -2.39. The van der Waals surface area contributed by atoms with Crippen molar-refractivity contribution in [2.24, 2.45) is 0 Å². The maximum Gasteiger partial charge on any atom is 0.265 e. The SMILES string of the molecule is CCc1ccc(OCC(=O)Nc2ccc3c(c2)N(CCCOc2ccccc2)C(=O)CO3)cc1. The van der Waals surface area contributed by atoms with E-state index in [1.807, 2.05) is 54.6 Å². The maximum atomic E-state index is 12.5. The molecule has 1 aliphatic rings. The predicted octanol–water partition coefficient (Wildman–Crippen LogP) is 4.46. The molecule has 7 heteroatoms. The quantitative estimate of drug-likeness (QED) is 0.452. The lowest BCUT2D eigenvalue weighted by atomic mass is 10.2. The van der Waals surface area contributed by atoms with Gasteiger partial charge in [0.05, 0.1) is 12.3 Å². The molecule has 3 aromatic rings. The number of amides is 2. The van der Waals surface area contributed by atoms with Crippen molar-refractivity contribution in [1.29, 1.82) is 0 Å². The minimum Gasteiger partial charge on any atom is -0.494 e. The van der Waals surface area contributed by atoms with Gasteiger partial charge in [-0.25, -0.2) is 0 Å². The van der Waals surface area contributed by atoms with Crippen molar-refractivity contribution in [2.45, 2.75) is 19.8 Å². The topological polar surface area (TPSA) is 77.1 Å². The molecule has 34 heavy (non-hydrogen) atoms. The monoisotopic (exact) mass is 460 g/mol. The first-order chi connectivity index (χ1) is 16.6. The number of anilines is 2. The number of ether oxygens (including phenoxy) is 3. The second-order valence-corrected chi connectivity index (χ2v) is 7.87. The summed E-state index contributed by atoms with van der Waals surface area (Å²) in [6.07, 6.45) is 1.60. The van der Waals surface area contributed by atoms with Crippen LogP contribution in [0.1, 0.15) is 18.9 Å². The summed E-state index contributed by atoms with van der Waals surface area (Å²) in [5.74, 6) is 1.62. The lowest BCUT2D eigenvalue weighted by Gasteiger charge is -2.29. The second kappa shape index (κ2) is 11.2. The molecule has 0 spiro atoms. The number of benzene rings is 3. The number of carbonyl (C=O) groups excluding carboxylic acids is 2. The predicted molar refractivity (Wildman–Crippen MR) is 131 cm³/mol. The van der Waals surface area contributed by atoms with Crippen LogP contribution < -0.4 is 24.4 Å². The Morgan fingerprint density at radius 1 is 1.00 bits per heavy atom. The molecule has 1 aliphatic heterocycles. The zero-order valence-corrected chi connectivity index (χ0v) is 19.2. The molecule has 7 nitrogen and oxygen atoms in total. The van der Waals surface area contributed by atoms with Gasteiger partial charge in [-0.2, -0.15) is 0 Å². The third kappa shape index (κ3) is 6.07. The van der Waals surface area contributed by atoms with Crippen LogP contribution in [0, 0.1) is 0 Å². The number of hydrogen-bond acceptors (Lipinski definition) is 5. The van der Waals surface area contributed by atoms with E-state index in [9.17, 15) is 9.59 Å². The highest BCUT2D eigenvalue weighted by molar-refractivity contribution is 5.99. The average Bonchev–Trinajstić information content (AvgIpc) is 2.87. The summed E-state index contributed by atoms with van der Waals surface area (Å²) in [6.45, 7) is 2.93. The summed E-state index contributed by atoms with van der Waals surface area (Å²) in [6, 6.07) is 22.5. The van der Waals surface area contributed by atoms with Crippen molar-refractivity contribution in [3.8, 4) is 17.2 Å². The summed E-state index contributed by atoms with van der Waals surface area (Å²) in [5, 5.41) is 2.83. The van der Waals surface area contributed by atoms with Gasteiger partial charge in [-0.1, -0.05) is 37.3 Å². The fraction of sp³-hybridized carbons (Fsp3) is 0.259. The standard InChI is InChI=1S/C27H28N2O5/c1-2-20-9-12-23(13-10-20)33-18-26(30)28-21-11-14-25-24(17-21)29(27(31)19-34-25)15-6-16-32-22-7-4-3-5-8-22/h3-5,7-14,17H,2,6,15-16,18-19H2,1H3,(H,28,30). The first-order valence-electron chi connectivity index (χ1n) is 11.4. The van der Waals surface area contributed by atoms with E-state index in [0.717, 1.165) is 12.2 Å². The van der Waals surface area contributed by atoms with Crippen molar-refractivity contribution in [3.05, 3.63) is 78.4 Å². The van der Waals surface area contributed by atoms with E-state index in [1.165, 1.54) is 5.56 Å². The van der Waals surface area contributed by atoms with Gasteiger partial charge in [0.2, 0.25) is 0 Å². The summed E-state index contributed by atoms with van der Waals surface area (Å²) < 4.78 is 16.9. The smallest absolute Gasteiger partial charge is 0.265 e. The van der Waals surface area contributed by atoms with Crippen LogP contribution in [-0.2, 0) is 16.0 Å². The van der Waals surface area contributed by atoms with Gasteiger partial charge in [-0.05, 0) is 60.9 Å². The van der Waals surface area contributed by atoms with E-state index in [-0.39, 0.29) is 25.0 Å². The molecule has 1 N–H and O–H groups in total. The number of nitrogens with zero attached hydrogens (tertiary/aromatic N) is 1. The molecular weight excluding hydrogens is 432 g/mol. The molecular formula is C27H28N2O5. The molecule has 0 fully saturated rings. The lowest BCUT2D eigenvalue weighted by molar-refractivity contribution is -0.121. The molecule has 176 valence electrons. The van der Waals surface area contributed by atoms with Gasteiger partial charge < -0.3 is 24.4 Å². The van der Waals surface area contributed by atoms with Gasteiger partial charge in [0.15, 0.2) is 13.2 Å². The Kier molecular flexibility index (Phi) is 7.65. The van der Waals surface area contributed by atoms with E-state index >= 15 is 0 Å². The maximum absolute atomic E-state index is 12.5. The van der Waals surface area contributed by atoms with Crippen LogP contribution >= 0.6 is 0 Å². The van der Waals surface area contributed by atoms with Gasteiger partial charge in [-0.15, -0.1) is 0 Å². The van der Waals surface area contributed by atoms with Crippen LogP contribution in [0.4, 0.5) is 11.4 Å². The highest BCUT2D eigenvalue weighted by Crippen LogP contribution is 2.34. The molecule has 3 aromatic carbocycles. The van der Waals surface area contributed by atoms with E-state index in [4.69, 9.17) is 14.2 Å². The van der Waals surface area contributed by atoms with Gasteiger partial charge in [0, 0.05) is 12.2 Å². The Balaban J connectivity index is 1.33. The van der Waals surface area contributed by atoms with Crippen LogP contribution in [0.5, 0.6) is 17.2 Å². The van der Waals surface area contributed by atoms with Crippen molar-refractivity contribution in [1.82, 2.24) is 0 Å². The summed E-state index contributed by atoms with van der Waals surface area (Å²) in [4.78, 5) is 26.6. The van der Waals surface area contributed by atoms with Crippen LogP contribution in [0.3, 0.4) is 0 Å². The van der Waals surface area contributed by atoms with Crippen molar-refractivity contribution in [3.63, 3.8) is 0 Å². The van der Waals surface area contributed by atoms with Crippen molar-refractivity contribution >= 4 is 23.2 Å². The third-order valence-corrected chi connectivity index (χ3v) is 5.43. The molecule has 1 heterocycles. The summed E-state index contributed by atoms with van der Waals surface area (Å²) in [5.41, 5.74) is 2.40. The Morgan fingerprint density at radius 3 is 2.53 bits per heavy atom. The molecule has 2 amide bonds. The van der Waals surface area contributed by atoms with Gasteiger partial charge >= 0.3 is 0 Å². The summed E-state index contributed by atoms with van der Waals surface area (Å²) in [7, 11) is 0. The molecule has 0 saturated heterocycles. The van der Waals surface area contributed by atoms with E-state index < -0.39 is 0 Å². The molecule has 0 saturated carbocycles. The summed E-state index contributed by atoms with van der Waals surface area (Å²) >= 11 is 0. The number of hydrogen-bond donors (Lipinski definition) is 1. The van der Waals surface area contributed by atoms with Crippen molar-refractivity contribution < 1.29 is 23.8 Å². The molecule has 4 rings (SSSR count). The Bertz CT molecular complexity index is 1120. The molecule has 0 unspecified atom stereocenters. The Morgan fingerprint density at radius 2 is 1.76 bits per heavy atom. The van der Waals surface area contributed by atoms with Gasteiger partial charge in [-0.3, -0.25) is 9.59 Å². The van der Waals surface area contributed by atoms with Crippen LogP contribution in [0.25, 0.3) is 0 Å². The number of para-hydroxylation sites is 1. The number of nitrogens with one attached hydrogen (secondary N) is 1. The number of aryl methyl sites for hydroxylation is 1. The van der Waals surface area contributed by atoms with Gasteiger partial charge in [0.25, 0.3) is 11.8 Å². The van der Waals surface area contributed by atoms with Gasteiger partial charge in [0.1, 0.15) is 17.2 Å². The molecule has 0 radical (unpaired) electrons. The minimum atomic E-state index is -0.287. The Labute approximate surface area is 199 Å². The van der Waals surface area contributed by atoms with Crippen molar-refractivity contribution in [2.75, 3.05) is 36.6 Å². The van der Waals surface area contributed by atoms with E-state index in [1.54, 1.807) is 23.1 Å². The minimum absolute atomic E-state index is 0.0110. The number of rotatable bonds is 10. The van der Waals surface area contributed by atoms with E-state index in [0.29, 0.717) is 42.4 Å². The number of carbonyl (C=O) groups is 2. The normalized spacial score (nSPS) is 12.5. The molecule has 0 atom stereocenters. The second-order valence-electron chi connectivity index (χ2n) is 7.87. The fourth-order valence-corrected chi connectivity index (χ4v) is 3.62. The molecule has 0 aliphatic carbocycles. The molecule has 0 aromatic heterocycles. The first-order valence-corrected chi connectivity index (χ1v) is 11.4. The first kappa shape index (κ1) is 23.2. The number of fused-ring (bicyclic) bond motifs is 1. The van der Waals surface area contributed by atoms with Crippen LogP contribution in [-0.4, -0.2) is 38.2 Å². The third-order valence-electron chi connectivity index (χ3n) is 5.43. The highest BCUT2D eigenvalue weighted by Gasteiger charge is 2.25. The van der Waals surface area contributed by atoms with Crippen LogP contribution in [0.2, 0.25) is 0 Å². The average molecular weight is 461 g/mol. The highest BCUT2D eigenvalue weighted by atomic mass is 16.5. The molecule has 0 bridgehead atoms. The Hall–Kier alpha value is -4.00. The zero-order valence-electron chi connectivity index (χ0n) is 19.2.